The zero-order chi connectivity index (χ0) is 12.1. The molecule has 0 aliphatic rings. The van der Waals surface area contributed by atoms with Gasteiger partial charge >= 0.3 is 0 Å². The van der Waals surface area contributed by atoms with Crippen molar-refractivity contribution in [3.8, 4) is 0 Å². The second-order valence-corrected chi connectivity index (χ2v) is 4.16. The minimum atomic E-state index is 0.0665. The Labute approximate surface area is 102 Å². The van der Waals surface area contributed by atoms with E-state index in [2.05, 4.69) is 36.5 Å². The van der Waals surface area contributed by atoms with Gasteiger partial charge in [0.15, 0.2) is 0 Å². The predicted octanol–water partition coefficient (Wildman–Crippen LogP) is 3.10. The summed E-state index contributed by atoms with van der Waals surface area (Å²) in [6.07, 6.45) is 0. The van der Waals surface area contributed by atoms with Gasteiger partial charge < -0.3 is 10.4 Å². The Morgan fingerprint density at radius 2 is 1.88 bits per heavy atom. The van der Waals surface area contributed by atoms with Crippen molar-refractivity contribution >= 4 is 5.69 Å². The maximum Gasteiger partial charge on any atom is 0.0701 e. The zero-order valence-electron chi connectivity index (χ0n) is 9.98. The second kappa shape index (κ2) is 5.51. The summed E-state index contributed by atoms with van der Waals surface area (Å²) in [6.45, 7) is 2.93. The minimum absolute atomic E-state index is 0.0665. The van der Waals surface area contributed by atoms with Crippen molar-refractivity contribution < 1.29 is 5.11 Å². The number of hydrogen-bond donors (Lipinski definition) is 2. The molecule has 2 rings (SSSR count). The van der Waals surface area contributed by atoms with E-state index in [0.717, 1.165) is 17.8 Å². The van der Waals surface area contributed by atoms with Crippen LogP contribution in [0.3, 0.4) is 0 Å². The Hall–Kier alpha value is -1.80. The maximum atomic E-state index is 9.22. The van der Waals surface area contributed by atoms with Crippen LogP contribution in [-0.2, 0) is 13.2 Å². The van der Waals surface area contributed by atoms with Crippen LogP contribution < -0.4 is 5.32 Å². The number of aliphatic hydroxyl groups is 1. The highest BCUT2D eigenvalue weighted by Gasteiger charge is 1.99. The van der Waals surface area contributed by atoms with Crippen molar-refractivity contribution in [1.82, 2.24) is 0 Å². The molecule has 2 nitrogen and oxygen atoms in total. The normalized spacial score (nSPS) is 10.2. The van der Waals surface area contributed by atoms with Crippen LogP contribution in [0.2, 0.25) is 0 Å². The first kappa shape index (κ1) is 11.7. The molecule has 0 bridgehead atoms. The van der Waals surface area contributed by atoms with Crippen LogP contribution in [0, 0.1) is 6.92 Å². The lowest BCUT2D eigenvalue weighted by atomic mass is 10.1. The molecule has 0 aromatic heterocycles. The summed E-state index contributed by atoms with van der Waals surface area (Å²) in [7, 11) is 0. The molecule has 0 aliphatic heterocycles. The van der Waals surface area contributed by atoms with Crippen LogP contribution >= 0.6 is 0 Å². The number of para-hydroxylation sites is 1. The SMILES string of the molecule is Cc1cccc(CNc2ccccc2CO)c1. The number of rotatable bonds is 4. The van der Waals surface area contributed by atoms with Gasteiger partial charge in [0.25, 0.3) is 0 Å². The molecule has 0 heterocycles. The molecule has 2 N–H and O–H groups in total. The highest BCUT2D eigenvalue weighted by molar-refractivity contribution is 5.51. The zero-order valence-corrected chi connectivity index (χ0v) is 9.98. The molecule has 0 fully saturated rings. The van der Waals surface area contributed by atoms with Crippen LogP contribution in [0.25, 0.3) is 0 Å². The third kappa shape index (κ3) is 3.08. The predicted molar refractivity (Wildman–Crippen MR) is 70.9 cm³/mol. The minimum Gasteiger partial charge on any atom is -0.392 e. The maximum absolute atomic E-state index is 9.22. The van der Waals surface area contributed by atoms with Crippen LogP contribution in [0.4, 0.5) is 5.69 Å². The molecule has 88 valence electrons. The number of hydrogen-bond acceptors (Lipinski definition) is 2. The van der Waals surface area contributed by atoms with Crippen molar-refractivity contribution in [2.75, 3.05) is 5.32 Å². The quantitative estimate of drug-likeness (QED) is 0.841. The fourth-order valence-corrected chi connectivity index (χ4v) is 1.85. The summed E-state index contributed by atoms with van der Waals surface area (Å²) >= 11 is 0. The van der Waals surface area contributed by atoms with Crippen molar-refractivity contribution in [2.45, 2.75) is 20.1 Å². The number of nitrogens with one attached hydrogen (secondary N) is 1. The second-order valence-electron chi connectivity index (χ2n) is 4.16. The van der Waals surface area contributed by atoms with E-state index >= 15 is 0 Å². The van der Waals surface area contributed by atoms with Crippen molar-refractivity contribution in [2.24, 2.45) is 0 Å². The third-order valence-electron chi connectivity index (χ3n) is 2.75. The molecule has 0 saturated carbocycles. The van der Waals surface area contributed by atoms with Gasteiger partial charge in [0.2, 0.25) is 0 Å². The van der Waals surface area contributed by atoms with Gasteiger partial charge in [-0.3, -0.25) is 0 Å². The number of aliphatic hydroxyl groups excluding tert-OH is 1. The van der Waals surface area contributed by atoms with E-state index in [0.29, 0.717) is 0 Å². The number of benzene rings is 2. The van der Waals surface area contributed by atoms with E-state index in [9.17, 15) is 5.11 Å². The average molecular weight is 227 g/mol. The van der Waals surface area contributed by atoms with Crippen LogP contribution in [-0.4, -0.2) is 5.11 Å². The Kier molecular flexibility index (Phi) is 3.78. The van der Waals surface area contributed by atoms with E-state index < -0.39 is 0 Å². The summed E-state index contributed by atoms with van der Waals surface area (Å²) in [6, 6.07) is 16.2. The van der Waals surface area contributed by atoms with E-state index in [-0.39, 0.29) is 6.61 Å². The monoisotopic (exact) mass is 227 g/mol. The Morgan fingerprint density at radius 1 is 1.06 bits per heavy atom. The molecule has 2 aromatic rings. The summed E-state index contributed by atoms with van der Waals surface area (Å²) in [5.41, 5.74) is 4.44. The number of aryl methyl sites for hydroxylation is 1. The number of anilines is 1. The van der Waals surface area contributed by atoms with E-state index in [1.54, 1.807) is 0 Å². The van der Waals surface area contributed by atoms with Gasteiger partial charge in [-0.15, -0.1) is 0 Å². The van der Waals surface area contributed by atoms with E-state index in [1.165, 1.54) is 11.1 Å². The van der Waals surface area contributed by atoms with Crippen molar-refractivity contribution in [1.29, 1.82) is 0 Å². The van der Waals surface area contributed by atoms with Crippen molar-refractivity contribution in [3.05, 3.63) is 65.2 Å². The summed E-state index contributed by atoms with van der Waals surface area (Å²) in [4.78, 5) is 0. The van der Waals surface area contributed by atoms with Crippen LogP contribution in [0.15, 0.2) is 48.5 Å². The van der Waals surface area contributed by atoms with Crippen molar-refractivity contribution in [3.63, 3.8) is 0 Å². The first-order valence-electron chi connectivity index (χ1n) is 5.78. The molecular formula is C15H17NO. The van der Waals surface area contributed by atoms with Gasteiger partial charge in [-0.2, -0.15) is 0 Å². The smallest absolute Gasteiger partial charge is 0.0701 e. The highest BCUT2D eigenvalue weighted by Crippen LogP contribution is 2.16. The molecular weight excluding hydrogens is 210 g/mol. The van der Waals surface area contributed by atoms with Crippen LogP contribution in [0.1, 0.15) is 16.7 Å². The van der Waals surface area contributed by atoms with Gasteiger partial charge in [0.1, 0.15) is 0 Å². The molecule has 0 saturated heterocycles. The largest absolute Gasteiger partial charge is 0.392 e. The summed E-state index contributed by atoms with van der Waals surface area (Å²) in [5, 5.41) is 12.6. The summed E-state index contributed by atoms with van der Waals surface area (Å²) in [5.74, 6) is 0. The van der Waals surface area contributed by atoms with Gasteiger partial charge in [0.05, 0.1) is 6.61 Å². The lowest BCUT2D eigenvalue weighted by molar-refractivity contribution is 0.282. The van der Waals surface area contributed by atoms with Gasteiger partial charge in [-0.25, -0.2) is 0 Å². The average Bonchev–Trinajstić information content (AvgIpc) is 2.37. The molecule has 0 amide bonds. The summed E-state index contributed by atoms with van der Waals surface area (Å²) < 4.78 is 0. The molecule has 0 aliphatic carbocycles. The Balaban J connectivity index is 2.07. The third-order valence-corrected chi connectivity index (χ3v) is 2.75. The Morgan fingerprint density at radius 3 is 2.65 bits per heavy atom. The lowest BCUT2D eigenvalue weighted by Gasteiger charge is -2.10. The highest BCUT2D eigenvalue weighted by atomic mass is 16.3. The van der Waals surface area contributed by atoms with Crippen LogP contribution in [0.5, 0.6) is 0 Å². The first-order chi connectivity index (χ1) is 8.29. The standard InChI is InChI=1S/C15H17NO/c1-12-5-4-6-13(9-12)10-16-15-8-3-2-7-14(15)11-17/h2-9,16-17H,10-11H2,1H3. The molecule has 17 heavy (non-hydrogen) atoms. The molecule has 2 aromatic carbocycles. The molecule has 0 unspecified atom stereocenters. The lowest BCUT2D eigenvalue weighted by Crippen LogP contribution is -2.02. The fraction of sp³-hybridized carbons (Fsp3) is 0.200. The first-order valence-corrected chi connectivity index (χ1v) is 5.78. The van der Waals surface area contributed by atoms with Gasteiger partial charge in [-0.05, 0) is 18.6 Å². The topological polar surface area (TPSA) is 32.3 Å². The fourth-order valence-electron chi connectivity index (χ4n) is 1.85. The molecule has 0 radical (unpaired) electrons. The molecule has 2 heteroatoms. The van der Waals surface area contributed by atoms with E-state index in [4.69, 9.17) is 0 Å². The molecule has 0 spiro atoms. The van der Waals surface area contributed by atoms with E-state index in [1.807, 2.05) is 24.3 Å². The molecule has 0 atom stereocenters. The van der Waals surface area contributed by atoms with Gasteiger partial charge in [0, 0.05) is 17.8 Å². The van der Waals surface area contributed by atoms with Gasteiger partial charge in [-0.1, -0.05) is 48.0 Å². The Bertz CT molecular complexity index is 494.